The number of sulfonamides is 1. The van der Waals surface area contributed by atoms with Crippen molar-refractivity contribution in [1.29, 1.82) is 0 Å². The molecule has 0 saturated carbocycles. The fourth-order valence-corrected chi connectivity index (χ4v) is 4.10. The van der Waals surface area contributed by atoms with Crippen molar-refractivity contribution in [1.82, 2.24) is 4.31 Å². The minimum absolute atomic E-state index is 0.0301. The topological polar surface area (TPSA) is 50.5 Å². The number of furan rings is 1. The van der Waals surface area contributed by atoms with Gasteiger partial charge in [-0.2, -0.15) is 4.31 Å². The molecule has 2 heterocycles. The van der Waals surface area contributed by atoms with Crippen molar-refractivity contribution < 1.29 is 12.8 Å². The number of rotatable bonds is 3. The Morgan fingerprint density at radius 2 is 1.90 bits per heavy atom. The molecular formula is C15H16ClNO3S. The van der Waals surface area contributed by atoms with E-state index in [2.05, 4.69) is 6.07 Å². The van der Waals surface area contributed by atoms with E-state index in [1.165, 1.54) is 15.9 Å². The van der Waals surface area contributed by atoms with Crippen LogP contribution in [0, 0.1) is 0 Å². The third kappa shape index (κ3) is 2.86. The van der Waals surface area contributed by atoms with Crippen molar-refractivity contribution in [2.45, 2.75) is 30.4 Å². The smallest absolute Gasteiger partial charge is 0.276 e. The van der Waals surface area contributed by atoms with E-state index in [1.807, 2.05) is 18.2 Å². The highest BCUT2D eigenvalue weighted by molar-refractivity contribution is 7.89. The summed E-state index contributed by atoms with van der Waals surface area (Å²) in [5.41, 5.74) is 2.28. The van der Waals surface area contributed by atoms with Gasteiger partial charge in [-0.05, 0) is 36.1 Å². The van der Waals surface area contributed by atoms with Gasteiger partial charge in [-0.1, -0.05) is 24.3 Å². The zero-order valence-electron chi connectivity index (χ0n) is 11.5. The lowest BCUT2D eigenvalue weighted by Crippen LogP contribution is -2.30. The van der Waals surface area contributed by atoms with Crippen LogP contribution < -0.4 is 0 Å². The number of nitrogens with zero attached hydrogens (tertiary/aromatic N) is 1. The maximum atomic E-state index is 12.7. The second-order valence-corrected chi connectivity index (χ2v) is 7.20. The minimum Gasteiger partial charge on any atom is -0.447 e. The zero-order valence-corrected chi connectivity index (χ0v) is 13.0. The third-order valence-corrected chi connectivity index (χ3v) is 5.66. The molecular weight excluding hydrogens is 310 g/mol. The van der Waals surface area contributed by atoms with Gasteiger partial charge >= 0.3 is 0 Å². The molecule has 1 aromatic carbocycles. The van der Waals surface area contributed by atoms with E-state index in [0.29, 0.717) is 18.8 Å². The maximum Gasteiger partial charge on any atom is 0.276 e. The molecule has 0 fully saturated rings. The van der Waals surface area contributed by atoms with Gasteiger partial charge in [0.05, 0.1) is 5.88 Å². The second-order valence-electron chi connectivity index (χ2n) is 5.07. The number of hydrogen-bond acceptors (Lipinski definition) is 3. The fraction of sp³-hybridized carbons (Fsp3) is 0.333. The van der Waals surface area contributed by atoms with Gasteiger partial charge in [0.15, 0.2) is 0 Å². The van der Waals surface area contributed by atoms with Crippen molar-refractivity contribution >= 4 is 21.6 Å². The van der Waals surface area contributed by atoms with E-state index < -0.39 is 10.0 Å². The minimum atomic E-state index is -3.61. The Morgan fingerprint density at radius 3 is 2.62 bits per heavy atom. The first-order chi connectivity index (χ1) is 10.1. The van der Waals surface area contributed by atoms with Crippen LogP contribution in [0.1, 0.15) is 23.3 Å². The molecule has 0 saturated heterocycles. The van der Waals surface area contributed by atoms with Crippen molar-refractivity contribution in [3.05, 3.63) is 53.3 Å². The first-order valence-electron chi connectivity index (χ1n) is 6.83. The van der Waals surface area contributed by atoms with Gasteiger partial charge in [-0.3, -0.25) is 0 Å². The average molecular weight is 326 g/mol. The summed E-state index contributed by atoms with van der Waals surface area (Å²) in [7, 11) is -3.61. The highest BCUT2D eigenvalue weighted by Gasteiger charge is 2.29. The van der Waals surface area contributed by atoms with Gasteiger partial charge in [0, 0.05) is 13.1 Å². The number of halogens is 1. The molecule has 112 valence electrons. The number of hydrogen-bond donors (Lipinski definition) is 0. The molecule has 0 unspecified atom stereocenters. The second kappa shape index (κ2) is 5.83. The number of benzene rings is 1. The van der Waals surface area contributed by atoms with E-state index >= 15 is 0 Å². The standard InChI is InChI=1S/C15H16ClNO3S/c16-10-14-7-8-15(20-14)21(18,19)17-9-3-6-12-4-1-2-5-13(12)11-17/h1-2,4-5,7-8H,3,6,9-11H2. The van der Waals surface area contributed by atoms with Crippen LogP contribution in [0.4, 0.5) is 0 Å². The third-order valence-electron chi connectivity index (χ3n) is 3.68. The summed E-state index contributed by atoms with van der Waals surface area (Å²) >= 11 is 5.67. The largest absolute Gasteiger partial charge is 0.447 e. The van der Waals surface area contributed by atoms with Gasteiger partial charge in [-0.25, -0.2) is 8.42 Å². The van der Waals surface area contributed by atoms with Crippen LogP contribution >= 0.6 is 11.6 Å². The molecule has 21 heavy (non-hydrogen) atoms. The van der Waals surface area contributed by atoms with Crippen LogP contribution in [0.3, 0.4) is 0 Å². The molecule has 1 aliphatic heterocycles. The molecule has 0 radical (unpaired) electrons. The highest BCUT2D eigenvalue weighted by atomic mass is 35.5. The Hall–Kier alpha value is -1.30. The summed E-state index contributed by atoms with van der Waals surface area (Å²) in [5, 5.41) is -0.0301. The first kappa shape index (κ1) is 14.6. The lowest BCUT2D eigenvalue weighted by atomic mass is 10.0. The lowest BCUT2D eigenvalue weighted by molar-refractivity contribution is 0.369. The molecule has 0 atom stereocenters. The Kier molecular flexibility index (Phi) is 4.06. The molecule has 0 N–H and O–H groups in total. The summed E-state index contributed by atoms with van der Waals surface area (Å²) in [5.74, 6) is 0.628. The van der Waals surface area contributed by atoms with Crippen LogP contribution in [0.5, 0.6) is 0 Å². The first-order valence-corrected chi connectivity index (χ1v) is 8.80. The molecule has 1 aromatic heterocycles. The Labute approximate surface area is 129 Å². The number of alkyl halides is 1. The quantitative estimate of drug-likeness (QED) is 0.814. The SMILES string of the molecule is O=S(=O)(c1ccc(CCl)o1)N1CCCc2ccccc2C1. The van der Waals surface area contributed by atoms with Crippen molar-refractivity contribution in [3.8, 4) is 0 Å². The molecule has 6 heteroatoms. The summed E-state index contributed by atoms with van der Waals surface area (Å²) in [6.07, 6.45) is 1.70. The lowest BCUT2D eigenvalue weighted by Gasteiger charge is -2.18. The number of fused-ring (bicyclic) bond motifs is 1. The zero-order chi connectivity index (χ0) is 14.9. The Bertz CT molecular complexity index is 739. The van der Waals surface area contributed by atoms with Gasteiger partial charge in [0.2, 0.25) is 5.09 Å². The van der Waals surface area contributed by atoms with Gasteiger partial charge < -0.3 is 4.42 Å². The van der Waals surface area contributed by atoms with Crippen LogP contribution in [-0.2, 0) is 28.9 Å². The molecule has 1 aliphatic rings. The summed E-state index contributed by atoms with van der Waals surface area (Å²) < 4.78 is 32.1. The Morgan fingerprint density at radius 1 is 1.14 bits per heavy atom. The van der Waals surface area contributed by atoms with E-state index in [0.717, 1.165) is 18.4 Å². The maximum absolute atomic E-state index is 12.7. The average Bonchev–Trinajstić information content (AvgIpc) is 2.87. The van der Waals surface area contributed by atoms with Crippen LogP contribution in [-0.4, -0.2) is 19.3 Å². The predicted octanol–water partition coefficient (Wildman–Crippen LogP) is 3.16. The van der Waals surface area contributed by atoms with Crippen molar-refractivity contribution in [2.24, 2.45) is 0 Å². The predicted molar refractivity (Wildman–Crippen MR) is 80.6 cm³/mol. The number of aryl methyl sites for hydroxylation is 1. The van der Waals surface area contributed by atoms with E-state index in [1.54, 1.807) is 6.07 Å². The Balaban J connectivity index is 1.92. The van der Waals surface area contributed by atoms with Gasteiger partial charge in [-0.15, -0.1) is 11.6 Å². The van der Waals surface area contributed by atoms with Gasteiger partial charge in [0.1, 0.15) is 5.76 Å². The molecule has 0 amide bonds. The van der Waals surface area contributed by atoms with E-state index in [-0.39, 0.29) is 11.0 Å². The molecule has 4 nitrogen and oxygen atoms in total. The van der Waals surface area contributed by atoms with Gasteiger partial charge in [0.25, 0.3) is 10.0 Å². The summed E-state index contributed by atoms with van der Waals surface area (Å²) in [4.78, 5) is 0. The van der Waals surface area contributed by atoms with Crippen molar-refractivity contribution in [3.63, 3.8) is 0 Å². The van der Waals surface area contributed by atoms with E-state index in [4.69, 9.17) is 16.0 Å². The molecule has 0 aliphatic carbocycles. The highest BCUT2D eigenvalue weighted by Crippen LogP contribution is 2.25. The summed E-state index contributed by atoms with van der Waals surface area (Å²) in [6.45, 7) is 0.878. The van der Waals surface area contributed by atoms with Crippen LogP contribution in [0.15, 0.2) is 45.9 Å². The monoisotopic (exact) mass is 325 g/mol. The molecule has 2 aromatic rings. The van der Waals surface area contributed by atoms with E-state index in [9.17, 15) is 8.42 Å². The molecule has 0 spiro atoms. The molecule has 0 bridgehead atoms. The summed E-state index contributed by atoms with van der Waals surface area (Å²) in [6, 6.07) is 11.0. The van der Waals surface area contributed by atoms with Crippen LogP contribution in [0.25, 0.3) is 0 Å². The van der Waals surface area contributed by atoms with Crippen LogP contribution in [0.2, 0.25) is 0 Å². The fourth-order valence-electron chi connectivity index (χ4n) is 2.57. The normalized spacial score (nSPS) is 16.4. The molecule has 3 rings (SSSR count). The van der Waals surface area contributed by atoms with Crippen molar-refractivity contribution in [2.75, 3.05) is 6.54 Å².